The van der Waals surface area contributed by atoms with Gasteiger partial charge in [0.25, 0.3) is 5.91 Å². The fraction of sp³-hybridized carbons (Fsp3) is 0.304. The molecule has 3 aromatic rings. The van der Waals surface area contributed by atoms with Gasteiger partial charge < -0.3 is 14.6 Å². The van der Waals surface area contributed by atoms with Crippen LogP contribution >= 0.6 is 11.6 Å². The second-order valence-electron chi connectivity index (χ2n) is 7.91. The lowest BCUT2D eigenvalue weighted by atomic mass is 10.2. The number of hydrogen-bond acceptors (Lipinski definition) is 5. The molecule has 0 saturated heterocycles. The van der Waals surface area contributed by atoms with Crippen molar-refractivity contribution in [2.45, 2.75) is 32.2 Å². The average molecular weight is 452 g/mol. The van der Waals surface area contributed by atoms with Gasteiger partial charge >= 0.3 is 0 Å². The zero-order valence-corrected chi connectivity index (χ0v) is 18.1. The van der Waals surface area contributed by atoms with E-state index in [2.05, 4.69) is 20.1 Å². The zero-order chi connectivity index (χ0) is 22.1. The van der Waals surface area contributed by atoms with E-state index in [0.29, 0.717) is 22.1 Å². The van der Waals surface area contributed by atoms with Crippen LogP contribution in [-0.4, -0.2) is 39.7 Å². The molecule has 0 spiro atoms. The van der Waals surface area contributed by atoms with E-state index in [9.17, 15) is 9.59 Å². The Hall–Kier alpha value is -3.39. The zero-order valence-electron chi connectivity index (χ0n) is 17.4. The monoisotopic (exact) mass is 451 g/mol. The van der Waals surface area contributed by atoms with Crippen LogP contribution in [0.4, 0.5) is 11.4 Å². The summed E-state index contributed by atoms with van der Waals surface area (Å²) >= 11 is 6.08. The highest BCUT2D eigenvalue weighted by Crippen LogP contribution is 2.34. The van der Waals surface area contributed by atoms with Gasteiger partial charge in [-0.3, -0.25) is 14.5 Å². The number of carbonyl (C=O) groups is 2. The number of halogens is 1. The van der Waals surface area contributed by atoms with Crippen molar-refractivity contribution < 1.29 is 14.3 Å². The quantitative estimate of drug-likeness (QED) is 0.653. The number of amides is 2. The molecule has 32 heavy (non-hydrogen) atoms. The Balaban J connectivity index is 1.34. The van der Waals surface area contributed by atoms with Gasteiger partial charge in [-0.2, -0.15) is 0 Å². The Morgan fingerprint density at radius 2 is 2.03 bits per heavy atom. The molecule has 0 unspecified atom stereocenters. The number of rotatable bonds is 4. The van der Waals surface area contributed by atoms with Gasteiger partial charge in [-0.25, -0.2) is 0 Å². The molecule has 2 aromatic carbocycles. The molecule has 3 heterocycles. The van der Waals surface area contributed by atoms with Crippen molar-refractivity contribution in [3.05, 3.63) is 53.3 Å². The smallest absolute Gasteiger partial charge is 0.265 e. The molecule has 0 atom stereocenters. The maximum Gasteiger partial charge on any atom is 0.265 e. The molecule has 1 aromatic heterocycles. The summed E-state index contributed by atoms with van der Waals surface area (Å²) in [4.78, 5) is 26.6. The molecule has 0 fully saturated rings. The SMILES string of the molecule is O=C(CN1C(=O)COc2ccc(Cl)cc21)Nc1cccc(-c2nnc3n2CCCCC3)c1. The van der Waals surface area contributed by atoms with Crippen LogP contribution in [0, 0.1) is 0 Å². The Labute approximate surface area is 190 Å². The Morgan fingerprint density at radius 1 is 1.12 bits per heavy atom. The van der Waals surface area contributed by atoms with Crippen LogP contribution in [0.3, 0.4) is 0 Å². The van der Waals surface area contributed by atoms with Crippen LogP contribution in [0.5, 0.6) is 5.75 Å². The maximum absolute atomic E-state index is 12.8. The van der Waals surface area contributed by atoms with Crippen LogP contribution in [0.2, 0.25) is 5.02 Å². The molecule has 0 bridgehead atoms. The molecule has 164 valence electrons. The minimum atomic E-state index is -0.316. The van der Waals surface area contributed by atoms with Gasteiger partial charge in [-0.1, -0.05) is 30.2 Å². The number of carbonyl (C=O) groups excluding carboxylic acids is 2. The summed E-state index contributed by atoms with van der Waals surface area (Å²) in [5.74, 6) is 1.73. The first kappa shape index (κ1) is 20.5. The van der Waals surface area contributed by atoms with Crippen molar-refractivity contribution in [3.8, 4) is 17.1 Å². The molecular weight excluding hydrogens is 430 g/mol. The van der Waals surface area contributed by atoms with Crippen LogP contribution in [0.1, 0.15) is 25.1 Å². The van der Waals surface area contributed by atoms with Crippen LogP contribution in [-0.2, 0) is 22.6 Å². The molecule has 2 aliphatic heterocycles. The largest absolute Gasteiger partial charge is 0.482 e. The molecule has 0 aliphatic carbocycles. The lowest BCUT2D eigenvalue weighted by Gasteiger charge is -2.29. The van der Waals surface area contributed by atoms with Crippen molar-refractivity contribution in [2.24, 2.45) is 0 Å². The Kier molecular flexibility index (Phi) is 5.53. The molecule has 2 amide bonds. The first-order chi connectivity index (χ1) is 15.6. The Bertz CT molecular complexity index is 1190. The molecule has 2 aliphatic rings. The average Bonchev–Trinajstić information content (AvgIpc) is 3.04. The van der Waals surface area contributed by atoms with E-state index in [1.165, 1.54) is 11.3 Å². The van der Waals surface area contributed by atoms with Crippen molar-refractivity contribution in [1.29, 1.82) is 0 Å². The number of aromatic nitrogens is 3. The predicted molar refractivity (Wildman–Crippen MR) is 121 cm³/mol. The summed E-state index contributed by atoms with van der Waals surface area (Å²) in [5.41, 5.74) is 2.01. The first-order valence-electron chi connectivity index (χ1n) is 10.6. The third-order valence-corrected chi connectivity index (χ3v) is 5.91. The van der Waals surface area contributed by atoms with E-state index < -0.39 is 0 Å². The fourth-order valence-electron chi connectivity index (χ4n) is 4.13. The maximum atomic E-state index is 12.8. The molecule has 0 radical (unpaired) electrons. The molecule has 8 nitrogen and oxygen atoms in total. The van der Waals surface area contributed by atoms with Gasteiger partial charge in [0, 0.05) is 29.2 Å². The lowest BCUT2D eigenvalue weighted by Crippen LogP contribution is -2.43. The topological polar surface area (TPSA) is 89.3 Å². The van der Waals surface area contributed by atoms with Crippen molar-refractivity contribution in [1.82, 2.24) is 14.8 Å². The minimum Gasteiger partial charge on any atom is -0.482 e. The van der Waals surface area contributed by atoms with Crippen molar-refractivity contribution in [2.75, 3.05) is 23.4 Å². The number of aryl methyl sites for hydroxylation is 1. The van der Waals surface area contributed by atoms with E-state index in [1.807, 2.05) is 24.3 Å². The number of benzene rings is 2. The number of nitrogens with zero attached hydrogens (tertiary/aromatic N) is 4. The van der Waals surface area contributed by atoms with E-state index in [1.54, 1.807) is 18.2 Å². The highest BCUT2D eigenvalue weighted by atomic mass is 35.5. The van der Waals surface area contributed by atoms with Crippen LogP contribution in [0.15, 0.2) is 42.5 Å². The summed E-state index contributed by atoms with van der Waals surface area (Å²) < 4.78 is 7.60. The molecule has 5 rings (SSSR count). The van der Waals surface area contributed by atoms with Gasteiger partial charge in [0.1, 0.15) is 18.1 Å². The molecule has 9 heteroatoms. The van der Waals surface area contributed by atoms with Gasteiger partial charge in [0.05, 0.1) is 5.69 Å². The second kappa shape index (κ2) is 8.63. The minimum absolute atomic E-state index is 0.116. The standard InChI is InChI=1S/C23H22ClN5O3/c24-16-8-9-19-18(12-16)29(22(31)14-32-19)13-21(30)25-17-6-4-5-15(11-17)23-27-26-20-7-2-1-3-10-28(20)23/h4-6,8-9,11-12H,1-3,7,10,13-14H2,(H,25,30). The van der Waals surface area contributed by atoms with Crippen molar-refractivity contribution >= 4 is 34.8 Å². The number of anilines is 2. The van der Waals surface area contributed by atoms with Crippen LogP contribution < -0.4 is 15.0 Å². The van der Waals surface area contributed by atoms with Gasteiger partial charge in [-0.05, 0) is 43.2 Å². The predicted octanol–water partition coefficient (Wildman–Crippen LogP) is 3.69. The molecule has 1 N–H and O–H groups in total. The highest BCUT2D eigenvalue weighted by Gasteiger charge is 2.27. The summed E-state index contributed by atoms with van der Waals surface area (Å²) in [6.45, 7) is 0.644. The summed E-state index contributed by atoms with van der Waals surface area (Å²) in [6.07, 6.45) is 4.35. The molecular formula is C23H22ClN5O3. The van der Waals surface area contributed by atoms with E-state index in [4.69, 9.17) is 16.3 Å². The van der Waals surface area contributed by atoms with Gasteiger partial charge in [0.15, 0.2) is 12.4 Å². The number of fused-ring (bicyclic) bond motifs is 2. The Morgan fingerprint density at radius 3 is 2.94 bits per heavy atom. The lowest BCUT2D eigenvalue weighted by molar-refractivity contribution is -0.123. The third-order valence-electron chi connectivity index (χ3n) is 5.68. The van der Waals surface area contributed by atoms with E-state index >= 15 is 0 Å². The van der Waals surface area contributed by atoms with Crippen molar-refractivity contribution in [3.63, 3.8) is 0 Å². The normalized spacial score (nSPS) is 15.4. The van der Waals surface area contributed by atoms with E-state index in [-0.39, 0.29) is 25.0 Å². The van der Waals surface area contributed by atoms with Crippen LogP contribution in [0.25, 0.3) is 11.4 Å². The molecule has 0 saturated carbocycles. The number of ether oxygens (including phenoxy) is 1. The number of hydrogen-bond donors (Lipinski definition) is 1. The van der Waals surface area contributed by atoms with Gasteiger partial charge in [0.2, 0.25) is 5.91 Å². The fourth-order valence-corrected chi connectivity index (χ4v) is 4.29. The first-order valence-corrected chi connectivity index (χ1v) is 11.0. The highest BCUT2D eigenvalue weighted by molar-refractivity contribution is 6.31. The third kappa shape index (κ3) is 4.05. The van der Waals surface area contributed by atoms with E-state index in [0.717, 1.165) is 43.0 Å². The summed E-state index contributed by atoms with van der Waals surface area (Å²) in [5, 5.41) is 12.1. The summed E-state index contributed by atoms with van der Waals surface area (Å²) in [7, 11) is 0. The summed E-state index contributed by atoms with van der Waals surface area (Å²) in [6, 6.07) is 12.5. The second-order valence-corrected chi connectivity index (χ2v) is 8.35. The van der Waals surface area contributed by atoms with Gasteiger partial charge in [-0.15, -0.1) is 10.2 Å². The number of nitrogens with one attached hydrogen (secondary N) is 1.